The van der Waals surface area contributed by atoms with Crippen LogP contribution in [0.1, 0.15) is 39.0 Å². The molecule has 0 radical (unpaired) electrons. The van der Waals surface area contributed by atoms with Gasteiger partial charge >= 0.3 is 0 Å². The van der Waals surface area contributed by atoms with E-state index in [-0.39, 0.29) is 9.76 Å². The molecule has 11 heavy (non-hydrogen) atoms. The maximum Gasteiger partial charge on any atom is 0.170 e. The molecular weight excluding hydrogens is 168 g/mol. The fraction of sp³-hybridized carbons (Fsp3) is 0.750. The number of allylic oxidation sites excluding steroid dienone is 1. The molecule has 0 saturated heterocycles. The van der Waals surface area contributed by atoms with E-state index in [1.807, 2.05) is 0 Å². The molecule has 66 valence electrons. The predicted octanol–water partition coefficient (Wildman–Crippen LogP) is 0.851. The molecule has 0 aliphatic rings. The van der Waals surface area contributed by atoms with Crippen molar-refractivity contribution in [1.29, 1.82) is 0 Å². The molecular formula is C8H20OSi2. The number of hydrogen-bond donors (Lipinski definition) is 0. The van der Waals surface area contributed by atoms with E-state index in [0.29, 0.717) is 0 Å². The summed E-state index contributed by atoms with van der Waals surface area (Å²) in [6, 6.07) is 0. The molecule has 1 nitrogen and oxygen atoms in total. The van der Waals surface area contributed by atoms with Gasteiger partial charge in [-0.3, -0.25) is 0 Å². The monoisotopic (exact) mass is 188 g/mol. The predicted molar refractivity (Wildman–Crippen MR) is 57.5 cm³/mol. The first-order valence-corrected chi connectivity index (χ1v) is 6.76. The van der Waals surface area contributed by atoms with Gasteiger partial charge in [0.2, 0.25) is 0 Å². The van der Waals surface area contributed by atoms with Gasteiger partial charge in [0, 0.05) is 0 Å². The van der Waals surface area contributed by atoms with Gasteiger partial charge in [0.1, 0.15) is 10.5 Å². The van der Waals surface area contributed by atoms with Gasteiger partial charge in [0.05, 0.1) is 0 Å². The van der Waals surface area contributed by atoms with Crippen LogP contribution in [0.2, 0.25) is 0 Å². The van der Waals surface area contributed by atoms with Crippen LogP contribution < -0.4 is 0 Å². The SMILES string of the molecule is CCCCCCC=C[SiH2]O[SiH3]. The average Bonchev–Trinajstić information content (AvgIpc) is 2.03. The lowest BCUT2D eigenvalue weighted by Gasteiger charge is -1.93. The molecule has 0 aromatic heterocycles. The van der Waals surface area contributed by atoms with Crippen LogP contribution in [-0.4, -0.2) is 20.2 Å². The van der Waals surface area contributed by atoms with E-state index in [1.165, 1.54) is 32.1 Å². The molecule has 3 heteroatoms. The van der Waals surface area contributed by atoms with Crippen LogP contribution in [0, 0.1) is 0 Å². The van der Waals surface area contributed by atoms with Gasteiger partial charge in [0.25, 0.3) is 0 Å². The summed E-state index contributed by atoms with van der Waals surface area (Å²) in [5.41, 5.74) is 2.26. The number of hydrogen-bond acceptors (Lipinski definition) is 1. The Morgan fingerprint density at radius 3 is 2.82 bits per heavy atom. The maximum absolute atomic E-state index is 5.16. The van der Waals surface area contributed by atoms with E-state index >= 15 is 0 Å². The Bertz CT molecular complexity index is 94.1. The van der Waals surface area contributed by atoms with Crippen LogP contribution in [-0.2, 0) is 4.12 Å². The quantitative estimate of drug-likeness (QED) is 0.425. The van der Waals surface area contributed by atoms with Crippen LogP contribution >= 0.6 is 0 Å². The maximum atomic E-state index is 5.16. The molecule has 0 spiro atoms. The molecule has 0 aromatic rings. The zero-order valence-electron chi connectivity index (χ0n) is 7.81. The molecule has 0 aliphatic carbocycles. The van der Waals surface area contributed by atoms with Crippen molar-refractivity contribution in [3.05, 3.63) is 11.8 Å². The first-order valence-electron chi connectivity index (χ1n) is 4.55. The van der Waals surface area contributed by atoms with Crippen molar-refractivity contribution in [3.63, 3.8) is 0 Å². The summed E-state index contributed by atoms with van der Waals surface area (Å²) < 4.78 is 5.16. The Morgan fingerprint density at radius 1 is 1.36 bits per heavy atom. The third-order valence-corrected chi connectivity index (χ3v) is 3.51. The Balaban J connectivity index is 2.89. The molecule has 0 atom stereocenters. The minimum Gasteiger partial charge on any atom is -0.465 e. The van der Waals surface area contributed by atoms with Gasteiger partial charge in [-0.2, -0.15) is 0 Å². The van der Waals surface area contributed by atoms with E-state index in [2.05, 4.69) is 18.7 Å². The third kappa shape index (κ3) is 10.1. The fourth-order valence-corrected chi connectivity index (χ4v) is 2.11. The second-order valence-electron chi connectivity index (χ2n) is 2.78. The van der Waals surface area contributed by atoms with Crippen LogP contribution in [0.4, 0.5) is 0 Å². The first-order chi connectivity index (χ1) is 5.41. The van der Waals surface area contributed by atoms with Gasteiger partial charge in [0.15, 0.2) is 9.76 Å². The largest absolute Gasteiger partial charge is 0.465 e. The summed E-state index contributed by atoms with van der Waals surface area (Å²) in [4.78, 5) is 0. The van der Waals surface area contributed by atoms with Crippen LogP contribution in [0.3, 0.4) is 0 Å². The molecule has 0 bridgehead atoms. The second-order valence-corrected chi connectivity index (χ2v) is 5.89. The van der Waals surface area contributed by atoms with Crippen LogP contribution in [0.15, 0.2) is 11.8 Å². The smallest absolute Gasteiger partial charge is 0.170 e. The highest BCUT2D eigenvalue weighted by Crippen LogP contribution is 2.02. The summed E-state index contributed by atoms with van der Waals surface area (Å²) in [5, 5.41) is 0. The Labute approximate surface area is 75.7 Å². The van der Waals surface area contributed by atoms with E-state index < -0.39 is 0 Å². The molecule has 0 aliphatic heterocycles. The Morgan fingerprint density at radius 2 is 2.18 bits per heavy atom. The van der Waals surface area contributed by atoms with Crippen molar-refractivity contribution >= 4 is 20.2 Å². The van der Waals surface area contributed by atoms with Crippen LogP contribution in [0.25, 0.3) is 0 Å². The molecule has 0 N–H and O–H groups in total. The van der Waals surface area contributed by atoms with Gasteiger partial charge in [-0.1, -0.05) is 38.0 Å². The topological polar surface area (TPSA) is 9.23 Å². The third-order valence-electron chi connectivity index (χ3n) is 1.65. The second kappa shape index (κ2) is 10.1. The summed E-state index contributed by atoms with van der Waals surface area (Å²) in [5.74, 6) is 0. The number of rotatable bonds is 7. The highest BCUT2D eigenvalue weighted by atomic mass is 28.3. The Hall–Kier alpha value is 0.134. The van der Waals surface area contributed by atoms with Crippen molar-refractivity contribution in [2.45, 2.75) is 39.0 Å². The zero-order valence-corrected chi connectivity index (χ0v) is 11.2. The van der Waals surface area contributed by atoms with Gasteiger partial charge in [-0.25, -0.2) is 0 Å². The minimum atomic E-state index is -0.237. The van der Waals surface area contributed by atoms with E-state index in [4.69, 9.17) is 4.12 Å². The summed E-state index contributed by atoms with van der Waals surface area (Å²) >= 11 is 0. The van der Waals surface area contributed by atoms with Gasteiger partial charge in [-0.15, -0.1) is 0 Å². The molecule has 0 fully saturated rings. The van der Waals surface area contributed by atoms with Gasteiger partial charge < -0.3 is 4.12 Å². The normalized spacial score (nSPS) is 12.5. The van der Waals surface area contributed by atoms with E-state index in [0.717, 1.165) is 10.5 Å². The van der Waals surface area contributed by atoms with Crippen molar-refractivity contribution in [3.8, 4) is 0 Å². The molecule has 0 amide bonds. The molecule has 0 aromatic carbocycles. The van der Waals surface area contributed by atoms with Crippen molar-refractivity contribution in [2.75, 3.05) is 0 Å². The molecule has 0 saturated carbocycles. The lowest BCUT2D eigenvalue weighted by atomic mass is 10.2. The average molecular weight is 188 g/mol. The fourth-order valence-electron chi connectivity index (χ4n) is 0.971. The van der Waals surface area contributed by atoms with Crippen molar-refractivity contribution < 1.29 is 4.12 Å². The Kier molecular flexibility index (Phi) is 10.3. The van der Waals surface area contributed by atoms with E-state index in [1.54, 1.807) is 0 Å². The van der Waals surface area contributed by atoms with Gasteiger partial charge in [-0.05, 0) is 12.8 Å². The molecule has 0 unspecified atom stereocenters. The summed E-state index contributed by atoms with van der Waals surface area (Å²) in [7, 11) is 0.683. The lowest BCUT2D eigenvalue weighted by Crippen LogP contribution is -1.88. The number of unbranched alkanes of at least 4 members (excludes halogenated alkanes) is 4. The highest BCUT2D eigenvalue weighted by Gasteiger charge is 1.83. The molecule has 0 heterocycles. The van der Waals surface area contributed by atoms with Crippen LogP contribution in [0.5, 0.6) is 0 Å². The lowest BCUT2D eigenvalue weighted by molar-refractivity contribution is 0.669. The summed E-state index contributed by atoms with van der Waals surface area (Å²) in [6.45, 7) is 2.25. The van der Waals surface area contributed by atoms with Crippen molar-refractivity contribution in [1.82, 2.24) is 0 Å². The minimum absolute atomic E-state index is 0.237. The molecule has 0 rings (SSSR count). The standard InChI is InChI=1S/C8H20OSi2/c1-2-3-4-5-6-7-8-11-9-10/h7-8H,2-6,11H2,1,10H3. The summed E-state index contributed by atoms with van der Waals surface area (Å²) in [6.07, 6.45) is 9.03. The van der Waals surface area contributed by atoms with Crippen molar-refractivity contribution in [2.24, 2.45) is 0 Å². The van der Waals surface area contributed by atoms with E-state index in [9.17, 15) is 0 Å². The zero-order chi connectivity index (χ0) is 8.36. The highest BCUT2D eigenvalue weighted by molar-refractivity contribution is 6.39. The first kappa shape index (κ1) is 11.1.